The third-order valence-corrected chi connectivity index (χ3v) is 6.46. The van der Waals surface area contributed by atoms with Crippen molar-refractivity contribution in [1.29, 1.82) is 0 Å². The molecule has 0 aliphatic carbocycles. The van der Waals surface area contributed by atoms with Crippen LogP contribution < -0.4 is 0 Å². The van der Waals surface area contributed by atoms with Gasteiger partial charge in [-0.3, -0.25) is 0 Å². The van der Waals surface area contributed by atoms with E-state index < -0.39 is 15.5 Å². The molecule has 152 valence electrons. The van der Waals surface area contributed by atoms with Crippen LogP contribution in [0.4, 0.5) is 0 Å². The zero-order valence-corrected chi connectivity index (χ0v) is 19.0. The standard InChI is InChI=1S/C6H15ClSi.C5H12Cl2Si.C2H6O.3CH4.ClH/c1-8(2,3)6-4-5-7;1-8(2,7)5-3-4-6;1-2-3;;;;/h4-6H2,1-3H3;3-5H2,1-2H3;3H,2H2,1H3;3*1H4;1H. The Morgan fingerprint density at radius 1 is 0.783 bits per heavy atom. The van der Waals surface area contributed by atoms with Gasteiger partial charge in [0.25, 0.3) is 0 Å². The number of hydrogen-bond donors (Lipinski definition) is 1. The molecule has 0 unspecified atom stereocenters. The van der Waals surface area contributed by atoms with Crippen molar-refractivity contribution in [3.05, 3.63) is 0 Å². The van der Waals surface area contributed by atoms with E-state index in [0.29, 0.717) is 0 Å². The van der Waals surface area contributed by atoms with Crippen LogP contribution in [0.25, 0.3) is 0 Å². The lowest BCUT2D eigenvalue weighted by Gasteiger charge is -2.13. The highest BCUT2D eigenvalue weighted by molar-refractivity contribution is 7.19. The molecule has 0 aliphatic heterocycles. The molecule has 0 bridgehead atoms. The summed E-state index contributed by atoms with van der Waals surface area (Å²) in [5.74, 6) is 1.59. The minimum atomic E-state index is -1.29. The smallest absolute Gasteiger partial charge is 0.150 e. The highest BCUT2D eigenvalue weighted by Crippen LogP contribution is 2.16. The van der Waals surface area contributed by atoms with Crippen molar-refractivity contribution in [2.75, 3.05) is 18.4 Å². The fourth-order valence-electron chi connectivity index (χ4n) is 1.08. The van der Waals surface area contributed by atoms with Crippen molar-refractivity contribution in [1.82, 2.24) is 0 Å². The van der Waals surface area contributed by atoms with Crippen LogP contribution in [0.3, 0.4) is 0 Å². The molecule has 0 heterocycles. The van der Waals surface area contributed by atoms with Gasteiger partial charge in [0.2, 0.25) is 0 Å². The zero-order chi connectivity index (χ0) is 15.9. The quantitative estimate of drug-likeness (QED) is 0.244. The summed E-state index contributed by atoms with van der Waals surface area (Å²) in [5.41, 5.74) is 0. The molecule has 0 saturated heterocycles. The molecule has 23 heavy (non-hydrogen) atoms. The highest BCUT2D eigenvalue weighted by Gasteiger charge is 2.14. The van der Waals surface area contributed by atoms with E-state index in [4.69, 9.17) is 39.4 Å². The predicted molar refractivity (Wildman–Crippen MR) is 127 cm³/mol. The second-order valence-corrected chi connectivity index (χ2v) is 19.6. The van der Waals surface area contributed by atoms with Crippen molar-refractivity contribution >= 4 is 62.1 Å². The summed E-state index contributed by atoms with van der Waals surface area (Å²) in [6, 6.07) is 2.51. The lowest BCUT2D eigenvalue weighted by molar-refractivity contribution is 0.318. The molecule has 0 aromatic heterocycles. The third kappa shape index (κ3) is 82.0. The van der Waals surface area contributed by atoms with E-state index in [2.05, 4.69) is 32.7 Å². The molecule has 0 fully saturated rings. The fourth-order valence-corrected chi connectivity index (χ4v) is 4.46. The predicted octanol–water partition coefficient (Wildman–Crippen LogP) is 8.34. The highest BCUT2D eigenvalue weighted by atomic mass is 35.6. The number of alkyl halides is 2. The molecule has 1 nitrogen and oxygen atoms in total. The lowest BCUT2D eigenvalue weighted by atomic mass is 10.6. The van der Waals surface area contributed by atoms with Gasteiger partial charge < -0.3 is 5.11 Å². The van der Waals surface area contributed by atoms with Crippen LogP contribution in [-0.2, 0) is 0 Å². The van der Waals surface area contributed by atoms with Crippen molar-refractivity contribution in [2.45, 2.75) is 86.9 Å². The molecule has 0 atom stereocenters. The van der Waals surface area contributed by atoms with Crippen LogP contribution in [0.2, 0.25) is 44.8 Å². The number of rotatable bonds is 6. The first-order chi connectivity index (χ1) is 8.54. The van der Waals surface area contributed by atoms with Crippen LogP contribution in [0.1, 0.15) is 42.0 Å². The average molecular weight is 453 g/mol. The first kappa shape index (κ1) is 44.2. The Hall–Kier alpha value is 1.55. The SMILES string of the molecule is C.C.C.CCO.C[Si](C)(C)CCCCl.C[Si](C)(Cl)CCCCl.Cl. The lowest BCUT2D eigenvalue weighted by Crippen LogP contribution is -2.18. The monoisotopic (exact) mass is 450 g/mol. The van der Waals surface area contributed by atoms with Crippen LogP contribution in [0.5, 0.6) is 0 Å². The molecule has 0 spiro atoms. The number of hydrogen-bond acceptors (Lipinski definition) is 1. The molecule has 1 N–H and O–H groups in total. The first-order valence-corrected chi connectivity index (χ1v) is 15.9. The van der Waals surface area contributed by atoms with Crippen LogP contribution in [0.15, 0.2) is 0 Å². The molecular formula is C16H46Cl4OSi2. The van der Waals surface area contributed by atoms with E-state index in [-0.39, 0.29) is 41.3 Å². The Bertz CT molecular complexity index is 154. The molecule has 0 aliphatic rings. The molecule has 0 radical (unpaired) electrons. The van der Waals surface area contributed by atoms with E-state index in [1.54, 1.807) is 6.92 Å². The van der Waals surface area contributed by atoms with Gasteiger partial charge in [-0.2, -0.15) is 11.1 Å². The van der Waals surface area contributed by atoms with E-state index in [1.165, 1.54) is 12.5 Å². The van der Waals surface area contributed by atoms with Crippen molar-refractivity contribution in [3.8, 4) is 0 Å². The van der Waals surface area contributed by atoms with Gasteiger partial charge >= 0.3 is 0 Å². The summed E-state index contributed by atoms with van der Waals surface area (Å²) in [5, 5.41) is 7.57. The number of halogens is 4. The van der Waals surface area contributed by atoms with Crippen molar-refractivity contribution < 1.29 is 5.11 Å². The van der Waals surface area contributed by atoms with Gasteiger partial charge in [-0.1, -0.05) is 61.1 Å². The average Bonchev–Trinajstić information content (AvgIpc) is 2.23. The van der Waals surface area contributed by atoms with E-state index >= 15 is 0 Å². The second-order valence-electron chi connectivity index (χ2n) is 6.18. The van der Waals surface area contributed by atoms with E-state index in [9.17, 15) is 0 Å². The maximum absolute atomic E-state index is 7.57. The zero-order valence-electron chi connectivity index (χ0n) is 13.9. The fraction of sp³-hybridized carbons (Fsp3) is 1.00. The van der Waals surface area contributed by atoms with E-state index in [1.807, 2.05) is 0 Å². The van der Waals surface area contributed by atoms with Crippen molar-refractivity contribution in [2.24, 2.45) is 0 Å². The Morgan fingerprint density at radius 3 is 1.13 bits per heavy atom. The Morgan fingerprint density at radius 2 is 1.04 bits per heavy atom. The van der Waals surface area contributed by atoms with Gasteiger partial charge in [-0.25, -0.2) is 0 Å². The molecule has 0 amide bonds. The number of aliphatic hydroxyl groups excluding tert-OH is 1. The summed E-state index contributed by atoms with van der Waals surface area (Å²) in [6.45, 7) is 13.3. The molecule has 0 aromatic carbocycles. The van der Waals surface area contributed by atoms with Gasteiger partial charge in [0.15, 0.2) is 7.38 Å². The van der Waals surface area contributed by atoms with Gasteiger partial charge in [0.05, 0.1) is 0 Å². The Kier molecular flexibility index (Phi) is 54.5. The minimum absolute atomic E-state index is 0. The first-order valence-electron chi connectivity index (χ1n) is 6.95. The van der Waals surface area contributed by atoms with Gasteiger partial charge in [0, 0.05) is 26.4 Å². The maximum Gasteiger partial charge on any atom is 0.150 e. The summed E-state index contributed by atoms with van der Waals surface area (Å²) >= 11 is 17.0. The summed E-state index contributed by atoms with van der Waals surface area (Å²) in [7, 11) is -2.05. The second kappa shape index (κ2) is 28.4. The maximum atomic E-state index is 7.57. The molecule has 7 heteroatoms. The van der Waals surface area contributed by atoms with Gasteiger partial charge in [-0.15, -0.1) is 35.6 Å². The normalized spacial score (nSPS) is 9.13. The van der Waals surface area contributed by atoms with Crippen LogP contribution in [-0.4, -0.2) is 38.9 Å². The Balaban J connectivity index is -0.0000000331. The van der Waals surface area contributed by atoms with Gasteiger partial charge in [0.1, 0.15) is 0 Å². The minimum Gasteiger partial charge on any atom is -0.397 e. The topological polar surface area (TPSA) is 20.2 Å². The molecule has 0 saturated carbocycles. The van der Waals surface area contributed by atoms with Crippen LogP contribution >= 0.6 is 46.7 Å². The van der Waals surface area contributed by atoms with Crippen LogP contribution in [0, 0.1) is 0 Å². The van der Waals surface area contributed by atoms with Gasteiger partial charge in [-0.05, 0) is 25.8 Å². The Labute approximate surface area is 172 Å². The van der Waals surface area contributed by atoms with E-state index in [0.717, 1.165) is 24.2 Å². The third-order valence-electron chi connectivity index (χ3n) is 1.97. The molecule has 0 rings (SSSR count). The van der Waals surface area contributed by atoms with Crippen molar-refractivity contribution in [3.63, 3.8) is 0 Å². The molecular weight excluding hydrogens is 406 g/mol. The number of aliphatic hydroxyl groups is 1. The largest absolute Gasteiger partial charge is 0.397 e. The summed E-state index contributed by atoms with van der Waals surface area (Å²) < 4.78 is 0. The summed E-state index contributed by atoms with van der Waals surface area (Å²) in [6.07, 6.45) is 2.28. The molecule has 0 aromatic rings. The summed E-state index contributed by atoms with van der Waals surface area (Å²) in [4.78, 5) is 0.